The molecule has 1 unspecified atom stereocenters. The highest BCUT2D eigenvalue weighted by atomic mass is 19.1. The van der Waals surface area contributed by atoms with Crippen molar-refractivity contribution < 1.29 is 9.18 Å². The summed E-state index contributed by atoms with van der Waals surface area (Å²) in [6.07, 6.45) is 11.0. The van der Waals surface area contributed by atoms with Gasteiger partial charge in [0, 0.05) is 48.0 Å². The van der Waals surface area contributed by atoms with E-state index in [2.05, 4.69) is 16.0 Å². The maximum absolute atomic E-state index is 14.5. The van der Waals surface area contributed by atoms with Crippen molar-refractivity contribution in [3.63, 3.8) is 0 Å². The molecule has 4 aromatic rings. The van der Waals surface area contributed by atoms with Gasteiger partial charge < -0.3 is 9.88 Å². The number of rotatable bonds is 7. The molecule has 1 amide bonds. The minimum atomic E-state index is -0.431. The topological polar surface area (TPSA) is 74.2 Å². The van der Waals surface area contributed by atoms with Crippen LogP contribution in [-0.4, -0.2) is 55.9 Å². The quantitative estimate of drug-likeness (QED) is 0.235. The molecule has 7 nitrogen and oxygen atoms in total. The van der Waals surface area contributed by atoms with E-state index in [4.69, 9.17) is 4.98 Å². The van der Waals surface area contributed by atoms with Crippen molar-refractivity contribution in [2.75, 3.05) is 19.6 Å². The molecular weight excluding hydrogens is 565 g/mol. The van der Waals surface area contributed by atoms with Gasteiger partial charge in [-0.05, 0) is 118 Å². The monoisotopic (exact) mass is 609 g/mol. The van der Waals surface area contributed by atoms with Crippen LogP contribution >= 0.6 is 0 Å². The lowest BCUT2D eigenvalue weighted by Gasteiger charge is -2.39. The van der Waals surface area contributed by atoms with E-state index in [0.29, 0.717) is 40.8 Å². The molecule has 3 aromatic heterocycles. The van der Waals surface area contributed by atoms with Crippen LogP contribution in [-0.2, 0) is 6.54 Å². The van der Waals surface area contributed by atoms with Gasteiger partial charge in [-0.15, -0.1) is 0 Å². The second kappa shape index (κ2) is 12.2. The van der Waals surface area contributed by atoms with Crippen molar-refractivity contribution in [2.24, 2.45) is 0 Å². The number of hydrogen-bond acceptors (Lipinski definition) is 4. The number of likely N-dealkylation sites (tertiary alicyclic amines) is 2. The number of carbonyl (C=O) groups is 1. The van der Waals surface area contributed by atoms with E-state index >= 15 is 0 Å². The number of benzene rings is 1. The molecular formula is C37H44FN5O2. The van der Waals surface area contributed by atoms with Gasteiger partial charge >= 0.3 is 0 Å². The number of fused-ring (bicyclic) bond motifs is 1. The normalized spacial score (nSPS) is 20.1. The Hall–Kier alpha value is -3.78. The lowest BCUT2D eigenvalue weighted by molar-refractivity contribution is 0.0502. The summed E-state index contributed by atoms with van der Waals surface area (Å²) in [6, 6.07) is 10.7. The lowest BCUT2D eigenvalue weighted by Crippen LogP contribution is -2.49. The van der Waals surface area contributed by atoms with Gasteiger partial charge in [0.25, 0.3) is 11.5 Å². The van der Waals surface area contributed by atoms with E-state index in [0.717, 1.165) is 74.1 Å². The van der Waals surface area contributed by atoms with Crippen LogP contribution in [0, 0.1) is 5.82 Å². The zero-order valence-electron chi connectivity index (χ0n) is 26.7. The number of halogens is 1. The second-order valence-corrected chi connectivity index (χ2v) is 13.2. The number of H-pyrrole nitrogens is 1. The average Bonchev–Trinajstić information content (AvgIpc) is 3.99. The summed E-state index contributed by atoms with van der Waals surface area (Å²) >= 11 is 0. The minimum Gasteiger partial charge on any atom is -0.353 e. The fourth-order valence-electron chi connectivity index (χ4n) is 6.95. The first kappa shape index (κ1) is 29.9. The average molecular weight is 610 g/mol. The van der Waals surface area contributed by atoms with E-state index in [1.54, 1.807) is 15.5 Å². The molecule has 8 rings (SSSR count). The highest BCUT2D eigenvalue weighted by Gasteiger charge is 2.33. The summed E-state index contributed by atoms with van der Waals surface area (Å²) in [5, 5.41) is 1.03. The summed E-state index contributed by atoms with van der Waals surface area (Å²) in [5.74, 6) is 0.749. The maximum atomic E-state index is 14.5. The zero-order chi connectivity index (χ0) is 31.2. The van der Waals surface area contributed by atoms with Crippen LogP contribution in [0.5, 0.6) is 0 Å². The van der Waals surface area contributed by atoms with Crippen LogP contribution < -0.4 is 5.56 Å². The number of aromatic amines is 1. The molecule has 0 spiro atoms. The molecule has 1 N–H and O–H groups in total. The van der Waals surface area contributed by atoms with Gasteiger partial charge in [0.05, 0.1) is 5.56 Å². The smallest absolute Gasteiger partial charge is 0.280 e. The second-order valence-electron chi connectivity index (χ2n) is 13.2. The predicted molar refractivity (Wildman–Crippen MR) is 177 cm³/mol. The predicted octanol–water partition coefficient (Wildman–Crippen LogP) is 7.52. The fourth-order valence-corrected chi connectivity index (χ4v) is 6.95. The Kier molecular flexibility index (Phi) is 8.11. The summed E-state index contributed by atoms with van der Waals surface area (Å²) < 4.78 is 16.2. The molecule has 2 aliphatic carbocycles. The Morgan fingerprint density at radius 1 is 0.956 bits per heavy atom. The lowest BCUT2D eigenvalue weighted by atomic mass is 9.95. The molecule has 2 saturated heterocycles. The van der Waals surface area contributed by atoms with Gasteiger partial charge in [-0.25, -0.2) is 9.37 Å². The Bertz CT molecular complexity index is 1790. The first-order valence-corrected chi connectivity index (χ1v) is 17.1. The number of nitrogens with one attached hydrogen (secondary N) is 1. The van der Waals surface area contributed by atoms with Gasteiger partial charge in [-0.2, -0.15) is 0 Å². The molecule has 1 aromatic carbocycles. The first-order valence-electron chi connectivity index (χ1n) is 17.1. The highest BCUT2D eigenvalue weighted by Crippen LogP contribution is 2.44. The molecule has 5 heterocycles. The van der Waals surface area contributed by atoms with E-state index in [1.165, 1.54) is 37.0 Å². The molecule has 45 heavy (non-hydrogen) atoms. The van der Waals surface area contributed by atoms with Crippen molar-refractivity contribution in [1.29, 1.82) is 0 Å². The van der Waals surface area contributed by atoms with Gasteiger partial charge in [0.2, 0.25) is 0 Å². The molecule has 0 bridgehead atoms. The summed E-state index contributed by atoms with van der Waals surface area (Å²) in [5.41, 5.74) is 5.56. The van der Waals surface area contributed by atoms with E-state index in [9.17, 15) is 14.0 Å². The third-order valence-corrected chi connectivity index (χ3v) is 9.92. The van der Waals surface area contributed by atoms with E-state index in [1.807, 2.05) is 39.1 Å². The summed E-state index contributed by atoms with van der Waals surface area (Å²) in [6.45, 7) is 9.73. The number of amides is 1. The van der Waals surface area contributed by atoms with Gasteiger partial charge in [0.15, 0.2) is 0 Å². The van der Waals surface area contributed by atoms with Crippen LogP contribution in [0.25, 0.3) is 27.8 Å². The van der Waals surface area contributed by atoms with Crippen LogP contribution in [0.3, 0.4) is 0 Å². The number of carbonyl (C=O) groups excluding carboxylic acids is 1. The summed E-state index contributed by atoms with van der Waals surface area (Å²) in [7, 11) is 0. The molecule has 4 aliphatic rings. The van der Waals surface area contributed by atoms with Crippen molar-refractivity contribution in [3.8, 4) is 16.9 Å². The molecule has 2 aliphatic heterocycles. The van der Waals surface area contributed by atoms with Crippen molar-refractivity contribution in [3.05, 3.63) is 81.3 Å². The van der Waals surface area contributed by atoms with E-state index < -0.39 is 5.82 Å². The van der Waals surface area contributed by atoms with Gasteiger partial charge in [-0.1, -0.05) is 26.3 Å². The molecule has 2 saturated carbocycles. The minimum absolute atomic E-state index is 0.111. The van der Waals surface area contributed by atoms with Crippen LogP contribution in [0.4, 0.5) is 4.39 Å². The number of aromatic nitrogens is 3. The fraction of sp³-hybridized carbons (Fsp3) is 0.486. The Morgan fingerprint density at radius 2 is 1.71 bits per heavy atom. The van der Waals surface area contributed by atoms with Crippen molar-refractivity contribution in [2.45, 2.75) is 96.6 Å². The molecule has 4 fully saturated rings. The third-order valence-electron chi connectivity index (χ3n) is 9.92. The Labute approximate surface area is 264 Å². The van der Waals surface area contributed by atoms with Crippen molar-refractivity contribution >= 4 is 16.8 Å². The molecule has 236 valence electrons. The van der Waals surface area contributed by atoms with Crippen LogP contribution in [0.2, 0.25) is 0 Å². The Balaban J connectivity index is 0.00000160. The summed E-state index contributed by atoms with van der Waals surface area (Å²) in [4.78, 5) is 40.5. The zero-order valence-corrected chi connectivity index (χ0v) is 26.7. The largest absolute Gasteiger partial charge is 0.353 e. The highest BCUT2D eigenvalue weighted by molar-refractivity contribution is 6.01. The molecule has 8 heteroatoms. The number of pyridine rings is 2. The third kappa shape index (κ3) is 5.85. The standard InChI is InChI=1S/C35H38FN5O2.C2H6/c1-21-11-14-40(21)34(42)29-17-25(36)9-10-27(29)24-15-31(23-7-8-23)38-32(16-24)41-20-30(22-5-6-22)28-18-26(37-33(28)35(41)43)19-39-12-3-2-4-13-39;1-2/h9-10,15-18,20-23,37H,2-8,11-14,19H2,1H3;1-2H3. The van der Waals surface area contributed by atoms with Crippen LogP contribution in [0.15, 0.2) is 47.4 Å². The number of hydrogen-bond donors (Lipinski definition) is 1. The SMILES string of the molecule is CC.CC1CCN1C(=O)c1cc(F)ccc1-c1cc(C2CC2)nc(-n2cc(C3CC3)c3cc(CN4CCCCC4)[nH]c3c2=O)c1. The Morgan fingerprint density at radius 3 is 2.38 bits per heavy atom. The van der Waals surface area contributed by atoms with E-state index in [-0.39, 0.29) is 17.5 Å². The van der Waals surface area contributed by atoms with Gasteiger partial charge in [-0.3, -0.25) is 19.1 Å². The first-order chi connectivity index (χ1) is 21.9. The van der Waals surface area contributed by atoms with Crippen molar-refractivity contribution in [1.82, 2.24) is 24.3 Å². The molecule has 0 radical (unpaired) electrons. The van der Waals surface area contributed by atoms with Crippen LogP contribution in [0.1, 0.15) is 111 Å². The number of piperidine rings is 1. The number of nitrogens with zero attached hydrogens (tertiary/aromatic N) is 4. The maximum Gasteiger partial charge on any atom is 0.280 e. The molecule has 1 atom stereocenters. The van der Waals surface area contributed by atoms with Gasteiger partial charge in [0.1, 0.15) is 17.2 Å².